The Hall–Kier alpha value is -4.08. The molecule has 146 valence electrons. The number of fused-ring (bicyclic) bond motifs is 1. The first-order valence-corrected chi connectivity index (χ1v) is 8.68. The summed E-state index contributed by atoms with van der Waals surface area (Å²) in [5.41, 5.74) is 2.29. The number of carbonyl (C=O) groups excluding carboxylic acids is 1. The number of nitro groups is 1. The van der Waals surface area contributed by atoms with E-state index in [-0.39, 0.29) is 18.8 Å². The van der Waals surface area contributed by atoms with Crippen molar-refractivity contribution in [3.8, 4) is 0 Å². The molecule has 0 aliphatic carbocycles. The second kappa shape index (κ2) is 7.50. The first-order chi connectivity index (χ1) is 14.0. The van der Waals surface area contributed by atoms with Crippen LogP contribution in [0.3, 0.4) is 0 Å². The largest absolute Gasteiger partial charge is 0.390 e. The van der Waals surface area contributed by atoms with Gasteiger partial charge in [0, 0.05) is 0 Å². The molecule has 0 aliphatic rings. The van der Waals surface area contributed by atoms with Gasteiger partial charge in [-0.05, 0) is 34.8 Å². The summed E-state index contributed by atoms with van der Waals surface area (Å²) in [6.45, 7) is 0.199. The molecule has 0 saturated carbocycles. The Labute approximate surface area is 163 Å². The fourth-order valence-corrected chi connectivity index (χ4v) is 2.90. The maximum absolute atomic E-state index is 13.1. The van der Waals surface area contributed by atoms with Gasteiger partial charge in [-0.3, -0.25) is 4.79 Å². The van der Waals surface area contributed by atoms with E-state index in [0.717, 1.165) is 17.1 Å². The average molecular weight is 394 g/mol. The van der Waals surface area contributed by atoms with Crippen molar-refractivity contribution in [2.75, 3.05) is 0 Å². The van der Waals surface area contributed by atoms with E-state index >= 15 is 0 Å². The van der Waals surface area contributed by atoms with E-state index in [2.05, 4.69) is 20.4 Å². The zero-order valence-corrected chi connectivity index (χ0v) is 15.0. The summed E-state index contributed by atoms with van der Waals surface area (Å²) >= 11 is 0. The van der Waals surface area contributed by atoms with Gasteiger partial charge in [0.05, 0.1) is 35.3 Å². The van der Waals surface area contributed by atoms with Crippen LogP contribution in [0.1, 0.15) is 21.9 Å². The van der Waals surface area contributed by atoms with Crippen LogP contribution in [0.5, 0.6) is 0 Å². The summed E-state index contributed by atoms with van der Waals surface area (Å²) in [5.74, 6) is -0.822. The fourth-order valence-electron chi connectivity index (χ4n) is 2.90. The van der Waals surface area contributed by atoms with Crippen LogP contribution in [0.25, 0.3) is 11.0 Å². The van der Waals surface area contributed by atoms with E-state index in [1.54, 1.807) is 0 Å². The minimum Gasteiger partial charge on any atom is -0.358 e. The number of para-hydroxylation sites is 2. The van der Waals surface area contributed by atoms with Gasteiger partial charge >= 0.3 is 5.82 Å². The first kappa shape index (κ1) is 18.3. The van der Waals surface area contributed by atoms with Crippen molar-refractivity contribution in [2.24, 2.45) is 0 Å². The first-order valence-electron chi connectivity index (χ1n) is 8.68. The van der Waals surface area contributed by atoms with Gasteiger partial charge in [0.15, 0.2) is 5.69 Å². The van der Waals surface area contributed by atoms with Gasteiger partial charge < -0.3 is 20.4 Å². The predicted octanol–water partition coefficient (Wildman–Crippen LogP) is 2.79. The van der Waals surface area contributed by atoms with Crippen LogP contribution in [0.15, 0.2) is 54.6 Å². The standard InChI is InChI=1S/C19H15FN6O3/c20-13-7-5-12(6-8-13)11-25-16(9-18(24-25)26(28)29)19(27)21-10-17-22-14-3-1-2-4-15(14)23-17/h1-9H,10-11H2,(H,21,27)(H,22,23). The Bertz CT molecular complexity index is 1170. The number of nitrogens with zero attached hydrogens (tertiary/aromatic N) is 4. The maximum Gasteiger partial charge on any atom is 0.390 e. The quantitative estimate of drug-likeness (QED) is 0.385. The average Bonchev–Trinajstić information content (AvgIpc) is 3.32. The highest BCUT2D eigenvalue weighted by atomic mass is 19.1. The van der Waals surface area contributed by atoms with E-state index in [1.165, 1.54) is 28.9 Å². The van der Waals surface area contributed by atoms with Crippen molar-refractivity contribution >= 4 is 22.8 Å². The van der Waals surface area contributed by atoms with Crippen molar-refractivity contribution in [3.63, 3.8) is 0 Å². The molecule has 4 aromatic rings. The molecule has 0 aliphatic heterocycles. The summed E-state index contributed by atoms with van der Waals surface area (Å²) in [6.07, 6.45) is 0. The number of aromatic nitrogens is 4. The Balaban J connectivity index is 1.54. The van der Waals surface area contributed by atoms with E-state index in [4.69, 9.17) is 0 Å². The van der Waals surface area contributed by atoms with Gasteiger partial charge in [-0.1, -0.05) is 24.3 Å². The monoisotopic (exact) mass is 394 g/mol. The van der Waals surface area contributed by atoms with Gasteiger partial charge in [-0.2, -0.15) is 4.68 Å². The van der Waals surface area contributed by atoms with Crippen LogP contribution in [0.4, 0.5) is 10.2 Å². The molecule has 1 amide bonds. The molecule has 4 rings (SSSR count). The second-order valence-electron chi connectivity index (χ2n) is 6.31. The zero-order chi connectivity index (χ0) is 20.4. The lowest BCUT2D eigenvalue weighted by atomic mass is 10.2. The number of hydrogen-bond acceptors (Lipinski definition) is 5. The van der Waals surface area contributed by atoms with Crippen molar-refractivity contribution < 1.29 is 14.1 Å². The molecule has 0 radical (unpaired) electrons. The molecule has 2 N–H and O–H groups in total. The number of halogens is 1. The Morgan fingerprint density at radius 2 is 1.97 bits per heavy atom. The molecule has 0 atom stereocenters. The van der Waals surface area contributed by atoms with Gasteiger partial charge in [-0.15, -0.1) is 0 Å². The Kier molecular flexibility index (Phi) is 4.73. The van der Waals surface area contributed by atoms with Crippen LogP contribution in [0, 0.1) is 15.9 Å². The smallest absolute Gasteiger partial charge is 0.358 e. The molecule has 2 heterocycles. The molecule has 9 nitrogen and oxygen atoms in total. The number of rotatable bonds is 6. The third kappa shape index (κ3) is 3.95. The van der Waals surface area contributed by atoms with Gasteiger partial charge in [-0.25, -0.2) is 9.37 Å². The zero-order valence-electron chi connectivity index (χ0n) is 15.0. The lowest BCUT2D eigenvalue weighted by Crippen LogP contribution is -2.26. The number of H-pyrrole nitrogens is 1. The van der Waals surface area contributed by atoms with Crippen molar-refractivity contribution in [3.05, 3.63) is 87.6 Å². The van der Waals surface area contributed by atoms with Gasteiger partial charge in [0.2, 0.25) is 0 Å². The fraction of sp³-hybridized carbons (Fsp3) is 0.105. The molecular formula is C19H15FN6O3. The second-order valence-corrected chi connectivity index (χ2v) is 6.31. The van der Waals surface area contributed by atoms with E-state index in [9.17, 15) is 19.3 Å². The SMILES string of the molecule is O=C(NCc1nc2ccccc2[nH]1)c1cc([N+](=O)[O-])nn1Cc1ccc(F)cc1. The van der Waals surface area contributed by atoms with Crippen molar-refractivity contribution in [1.29, 1.82) is 0 Å². The summed E-state index contributed by atoms with van der Waals surface area (Å²) in [7, 11) is 0. The third-order valence-corrected chi connectivity index (χ3v) is 4.29. The molecule has 0 spiro atoms. The van der Waals surface area contributed by atoms with Crippen LogP contribution in [-0.4, -0.2) is 30.6 Å². The molecule has 0 unspecified atom stereocenters. The minimum absolute atomic E-state index is 0.0251. The molecular weight excluding hydrogens is 379 g/mol. The topological polar surface area (TPSA) is 119 Å². The summed E-state index contributed by atoms with van der Waals surface area (Å²) in [4.78, 5) is 30.5. The highest BCUT2D eigenvalue weighted by Crippen LogP contribution is 2.15. The van der Waals surface area contributed by atoms with E-state index in [0.29, 0.717) is 11.4 Å². The van der Waals surface area contributed by atoms with Crippen molar-refractivity contribution in [2.45, 2.75) is 13.1 Å². The lowest BCUT2D eigenvalue weighted by molar-refractivity contribution is -0.389. The van der Waals surface area contributed by atoms with Crippen LogP contribution in [-0.2, 0) is 13.1 Å². The molecule has 2 aromatic heterocycles. The molecule has 0 fully saturated rings. The molecule has 0 saturated heterocycles. The number of nitrogens with one attached hydrogen (secondary N) is 2. The minimum atomic E-state index is -0.669. The van der Waals surface area contributed by atoms with Gasteiger partial charge in [0.25, 0.3) is 5.91 Å². The summed E-state index contributed by atoms with van der Waals surface area (Å²) in [5, 5.41) is 17.7. The number of carbonyl (C=O) groups is 1. The Morgan fingerprint density at radius 3 is 2.69 bits per heavy atom. The summed E-state index contributed by atoms with van der Waals surface area (Å²) in [6, 6.07) is 14.2. The number of hydrogen-bond donors (Lipinski definition) is 2. The Morgan fingerprint density at radius 1 is 1.21 bits per heavy atom. The third-order valence-electron chi connectivity index (χ3n) is 4.29. The van der Waals surface area contributed by atoms with Crippen molar-refractivity contribution in [1.82, 2.24) is 25.1 Å². The molecule has 0 bridgehead atoms. The highest BCUT2D eigenvalue weighted by molar-refractivity contribution is 5.93. The lowest BCUT2D eigenvalue weighted by Gasteiger charge is -2.05. The molecule has 10 heteroatoms. The number of amides is 1. The number of benzene rings is 2. The number of imidazole rings is 1. The van der Waals surface area contributed by atoms with Crippen LogP contribution in [0.2, 0.25) is 0 Å². The maximum atomic E-state index is 13.1. The van der Waals surface area contributed by atoms with E-state index in [1.807, 2.05) is 24.3 Å². The van der Waals surface area contributed by atoms with Crippen LogP contribution >= 0.6 is 0 Å². The number of aromatic amines is 1. The summed E-state index contributed by atoms with van der Waals surface area (Å²) < 4.78 is 14.3. The molecule has 2 aromatic carbocycles. The highest BCUT2D eigenvalue weighted by Gasteiger charge is 2.23. The van der Waals surface area contributed by atoms with E-state index < -0.39 is 22.5 Å². The predicted molar refractivity (Wildman–Crippen MR) is 102 cm³/mol. The normalized spacial score (nSPS) is 10.9. The van der Waals surface area contributed by atoms with Gasteiger partial charge in [0.1, 0.15) is 11.6 Å². The van der Waals surface area contributed by atoms with Crippen LogP contribution < -0.4 is 5.32 Å². The molecule has 29 heavy (non-hydrogen) atoms.